The first-order valence-corrected chi connectivity index (χ1v) is 8.42. The van der Waals surface area contributed by atoms with Gasteiger partial charge in [0, 0.05) is 11.8 Å². The Morgan fingerprint density at radius 2 is 2.05 bits per heavy atom. The summed E-state index contributed by atoms with van der Waals surface area (Å²) < 4.78 is 7.16. The third-order valence-electron chi connectivity index (χ3n) is 3.71. The fraction of sp³-hybridized carbons (Fsp3) is 0.529. The van der Waals surface area contributed by atoms with Crippen molar-refractivity contribution in [2.75, 3.05) is 13.7 Å². The third-order valence-corrected chi connectivity index (χ3v) is 4.69. The van der Waals surface area contributed by atoms with Crippen molar-refractivity contribution < 1.29 is 4.74 Å². The van der Waals surface area contributed by atoms with Crippen LogP contribution in [0.1, 0.15) is 44.7 Å². The Kier molecular flexibility index (Phi) is 6.02. The molecule has 3 heteroatoms. The molecule has 2 rings (SSSR count). The van der Waals surface area contributed by atoms with Crippen molar-refractivity contribution in [3.63, 3.8) is 0 Å². The fourth-order valence-electron chi connectivity index (χ4n) is 2.71. The molecule has 0 fully saturated rings. The van der Waals surface area contributed by atoms with Crippen molar-refractivity contribution in [2.24, 2.45) is 0 Å². The Balaban J connectivity index is 2.36. The predicted molar refractivity (Wildman–Crippen MR) is 88.6 cm³/mol. The van der Waals surface area contributed by atoms with E-state index in [1.165, 1.54) is 15.6 Å². The van der Waals surface area contributed by atoms with Gasteiger partial charge in [-0.2, -0.15) is 0 Å². The average molecular weight is 291 g/mol. The normalized spacial score (nSPS) is 14.6. The van der Waals surface area contributed by atoms with Gasteiger partial charge < -0.3 is 10.1 Å². The average Bonchev–Trinajstić information content (AvgIpc) is 2.95. The molecule has 0 saturated carbocycles. The van der Waals surface area contributed by atoms with Crippen molar-refractivity contribution in [3.8, 4) is 0 Å². The largest absolute Gasteiger partial charge is 0.379 e. The molecule has 0 spiro atoms. The van der Waals surface area contributed by atoms with Crippen LogP contribution in [0, 0.1) is 0 Å². The van der Waals surface area contributed by atoms with Gasteiger partial charge in [-0.25, -0.2) is 0 Å². The number of benzene rings is 1. The van der Waals surface area contributed by atoms with E-state index in [2.05, 4.69) is 48.8 Å². The smallest absolute Gasteiger partial charge is 0.0766 e. The molecule has 0 aliphatic heterocycles. The molecule has 0 aliphatic rings. The van der Waals surface area contributed by atoms with E-state index in [-0.39, 0.29) is 12.1 Å². The maximum atomic E-state index is 5.77. The Hall–Kier alpha value is -0.900. The van der Waals surface area contributed by atoms with Crippen LogP contribution in [0.3, 0.4) is 0 Å². The van der Waals surface area contributed by atoms with Crippen molar-refractivity contribution in [1.82, 2.24) is 5.32 Å². The van der Waals surface area contributed by atoms with E-state index in [9.17, 15) is 0 Å². The minimum Gasteiger partial charge on any atom is -0.379 e. The fourth-order valence-corrected chi connectivity index (χ4v) is 3.66. The summed E-state index contributed by atoms with van der Waals surface area (Å²) in [5.41, 5.74) is 1.38. The van der Waals surface area contributed by atoms with E-state index in [4.69, 9.17) is 4.74 Å². The molecular formula is C17H25NOS. The van der Waals surface area contributed by atoms with E-state index < -0.39 is 0 Å². The van der Waals surface area contributed by atoms with Gasteiger partial charge in [-0.15, -0.1) is 11.3 Å². The van der Waals surface area contributed by atoms with Crippen LogP contribution < -0.4 is 5.32 Å². The highest BCUT2D eigenvalue weighted by molar-refractivity contribution is 7.17. The van der Waals surface area contributed by atoms with Gasteiger partial charge in [0.2, 0.25) is 0 Å². The Morgan fingerprint density at radius 1 is 1.20 bits per heavy atom. The predicted octanol–water partition coefficient (Wildman–Crippen LogP) is 4.76. The van der Waals surface area contributed by atoms with E-state index >= 15 is 0 Å². The number of rotatable bonds is 8. The highest BCUT2D eigenvalue weighted by Gasteiger charge is 2.23. The van der Waals surface area contributed by atoms with E-state index in [0.717, 1.165) is 25.8 Å². The molecule has 2 atom stereocenters. The van der Waals surface area contributed by atoms with Gasteiger partial charge in [0.05, 0.1) is 12.1 Å². The molecule has 0 amide bonds. The molecule has 2 nitrogen and oxygen atoms in total. The number of thiophene rings is 1. The van der Waals surface area contributed by atoms with Crippen molar-refractivity contribution in [1.29, 1.82) is 0 Å². The van der Waals surface area contributed by atoms with Crippen LogP contribution in [-0.2, 0) is 4.74 Å². The summed E-state index contributed by atoms with van der Waals surface area (Å²) in [5.74, 6) is 0. The second-order valence-electron chi connectivity index (χ2n) is 5.18. The molecule has 0 radical (unpaired) electrons. The van der Waals surface area contributed by atoms with E-state index in [1.807, 2.05) is 18.4 Å². The van der Waals surface area contributed by atoms with Gasteiger partial charge in [0.1, 0.15) is 0 Å². The Labute approximate surface area is 126 Å². The molecule has 20 heavy (non-hydrogen) atoms. The number of hydrogen-bond donors (Lipinski definition) is 1. The molecule has 2 unspecified atom stereocenters. The van der Waals surface area contributed by atoms with E-state index in [0.29, 0.717) is 0 Å². The van der Waals surface area contributed by atoms with Crippen LogP contribution in [0.4, 0.5) is 0 Å². The summed E-state index contributed by atoms with van der Waals surface area (Å²) in [6.07, 6.45) is 3.60. The monoisotopic (exact) mass is 291 g/mol. The summed E-state index contributed by atoms with van der Waals surface area (Å²) in [6.45, 7) is 5.45. The van der Waals surface area contributed by atoms with Gasteiger partial charge in [-0.05, 0) is 41.8 Å². The minimum atomic E-state index is 0.235. The zero-order chi connectivity index (χ0) is 14.4. The van der Waals surface area contributed by atoms with Crippen LogP contribution in [0.15, 0.2) is 29.6 Å². The lowest BCUT2D eigenvalue weighted by Gasteiger charge is -2.28. The Morgan fingerprint density at radius 3 is 2.75 bits per heavy atom. The van der Waals surface area contributed by atoms with Crippen molar-refractivity contribution in [3.05, 3.63) is 35.2 Å². The molecule has 1 aromatic heterocycles. The third kappa shape index (κ3) is 3.40. The Bertz CT molecular complexity index is 522. The number of fused-ring (bicyclic) bond motifs is 1. The first kappa shape index (κ1) is 15.5. The van der Waals surface area contributed by atoms with Gasteiger partial charge >= 0.3 is 0 Å². The standard InChI is InChI=1S/C17H25NOS/c1-4-7-15(19-3)16(18-11-5-2)14-9-6-8-13-10-12-20-17(13)14/h6,8-10,12,15-16,18H,4-5,7,11H2,1-3H3. The highest BCUT2D eigenvalue weighted by atomic mass is 32.1. The minimum absolute atomic E-state index is 0.235. The second kappa shape index (κ2) is 7.77. The molecule has 2 aromatic rings. The molecular weight excluding hydrogens is 266 g/mol. The molecule has 1 heterocycles. The maximum absolute atomic E-state index is 5.77. The molecule has 110 valence electrons. The molecule has 0 aliphatic carbocycles. The molecule has 1 aromatic carbocycles. The van der Waals surface area contributed by atoms with Crippen LogP contribution in [0.5, 0.6) is 0 Å². The quantitative estimate of drug-likeness (QED) is 0.757. The summed E-state index contributed by atoms with van der Waals surface area (Å²) in [7, 11) is 1.83. The van der Waals surface area contributed by atoms with Crippen LogP contribution in [0.2, 0.25) is 0 Å². The first-order valence-electron chi connectivity index (χ1n) is 7.54. The highest BCUT2D eigenvalue weighted by Crippen LogP contribution is 2.32. The first-order chi connectivity index (χ1) is 9.81. The van der Waals surface area contributed by atoms with Gasteiger partial charge in [-0.3, -0.25) is 0 Å². The van der Waals surface area contributed by atoms with Gasteiger partial charge in [0.25, 0.3) is 0 Å². The number of ether oxygens (including phenoxy) is 1. The van der Waals surface area contributed by atoms with Gasteiger partial charge in [-0.1, -0.05) is 38.5 Å². The van der Waals surface area contributed by atoms with Crippen LogP contribution in [-0.4, -0.2) is 19.8 Å². The maximum Gasteiger partial charge on any atom is 0.0766 e. The van der Waals surface area contributed by atoms with E-state index in [1.54, 1.807) is 0 Å². The topological polar surface area (TPSA) is 21.3 Å². The van der Waals surface area contributed by atoms with Crippen LogP contribution in [0.25, 0.3) is 10.1 Å². The molecule has 0 bridgehead atoms. The summed E-state index contributed by atoms with van der Waals surface area (Å²) in [5, 5.41) is 7.19. The zero-order valence-electron chi connectivity index (χ0n) is 12.7. The summed E-state index contributed by atoms with van der Waals surface area (Å²) in [6, 6.07) is 9.06. The number of methoxy groups -OCH3 is 1. The van der Waals surface area contributed by atoms with Crippen LogP contribution >= 0.6 is 11.3 Å². The second-order valence-corrected chi connectivity index (χ2v) is 6.10. The summed E-state index contributed by atoms with van der Waals surface area (Å²) in [4.78, 5) is 0. The van der Waals surface area contributed by atoms with Crippen molar-refractivity contribution in [2.45, 2.75) is 45.3 Å². The lowest BCUT2D eigenvalue weighted by Crippen LogP contribution is -2.33. The summed E-state index contributed by atoms with van der Waals surface area (Å²) >= 11 is 1.83. The lowest BCUT2D eigenvalue weighted by atomic mass is 9.97. The zero-order valence-corrected chi connectivity index (χ0v) is 13.5. The molecule has 0 saturated heterocycles. The van der Waals surface area contributed by atoms with Crippen molar-refractivity contribution >= 4 is 21.4 Å². The molecule has 1 N–H and O–H groups in total. The number of nitrogens with one attached hydrogen (secondary N) is 1. The van der Waals surface area contributed by atoms with Gasteiger partial charge in [0.15, 0.2) is 0 Å². The lowest BCUT2D eigenvalue weighted by molar-refractivity contribution is 0.0611. The number of hydrogen-bond acceptors (Lipinski definition) is 3. The SMILES string of the molecule is CCCNC(c1cccc2ccsc12)C(CCC)OC.